The van der Waals surface area contributed by atoms with Gasteiger partial charge in [-0.05, 0) is 66.2 Å². The van der Waals surface area contributed by atoms with Crippen molar-refractivity contribution in [1.82, 2.24) is 20.4 Å². The summed E-state index contributed by atoms with van der Waals surface area (Å²) in [6, 6.07) is 0.580. The number of nitrogens with zero attached hydrogens (tertiary/aromatic N) is 3. The first kappa shape index (κ1) is 25.9. The second kappa shape index (κ2) is 17.0. The highest BCUT2D eigenvalue weighted by Gasteiger charge is 2.19. The van der Waals surface area contributed by atoms with Crippen molar-refractivity contribution in [3.05, 3.63) is 0 Å². The third kappa shape index (κ3) is 13.1. The van der Waals surface area contributed by atoms with Crippen molar-refractivity contribution >= 4 is 29.9 Å². The fraction of sp³-hybridized carbons (Fsp3) is 0.950. The third-order valence-corrected chi connectivity index (χ3v) is 4.85. The zero-order chi connectivity index (χ0) is 18.3. The average Bonchev–Trinajstić information content (AvgIpc) is 2.59. The van der Waals surface area contributed by atoms with Crippen LogP contribution in [0, 0.1) is 0 Å². The van der Waals surface area contributed by atoms with Gasteiger partial charge in [-0.2, -0.15) is 0 Å². The highest BCUT2D eigenvalue weighted by atomic mass is 127. The van der Waals surface area contributed by atoms with Crippen molar-refractivity contribution in [3.8, 4) is 0 Å². The molecular formula is C20H44IN5. The molecule has 0 aliphatic carbocycles. The Morgan fingerprint density at radius 3 is 2.31 bits per heavy atom. The van der Waals surface area contributed by atoms with E-state index >= 15 is 0 Å². The minimum atomic E-state index is 0. The number of unbranched alkanes of at least 4 members (excludes halogenated alkanes) is 4. The Morgan fingerprint density at radius 2 is 1.69 bits per heavy atom. The van der Waals surface area contributed by atoms with Crippen LogP contribution >= 0.6 is 24.0 Å². The topological polar surface area (TPSA) is 42.9 Å². The molecule has 0 radical (unpaired) electrons. The summed E-state index contributed by atoms with van der Waals surface area (Å²) < 4.78 is 0. The van der Waals surface area contributed by atoms with Crippen molar-refractivity contribution in [1.29, 1.82) is 0 Å². The number of hydrogen-bond acceptors (Lipinski definition) is 3. The van der Waals surface area contributed by atoms with Crippen LogP contribution in [0.2, 0.25) is 0 Å². The standard InChI is InChI=1S/C20H43N5.HI/c1-5-15-25-17-12-19(13-18-25)23-20(21-6-2)22-14-10-8-7-9-11-16-24(3)4;/h19H,5-18H2,1-4H3,(H2,21,22,23);1H. The van der Waals surface area contributed by atoms with Crippen LogP contribution in [0.5, 0.6) is 0 Å². The van der Waals surface area contributed by atoms with Gasteiger partial charge in [-0.15, -0.1) is 24.0 Å². The predicted octanol–water partition coefficient (Wildman–Crippen LogP) is 3.55. The van der Waals surface area contributed by atoms with Gasteiger partial charge >= 0.3 is 0 Å². The molecule has 0 aromatic heterocycles. The van der Waals surface area contributed by atoms with Gasteiger partial charge < -0.3 is 20.4 Å². The van der Waals surface area contributed by atoms with Gasteiger partial charge in [0.2, 0.25) is 0 Å². The Bertz CT molecular complexity index is 341. The highest BCUT2D eigenvalue weighted by Crippen LogP contribution is 2.10. The molecule has 1 aliphatic heterocycles. The largest absolute Gasteiger partial charge is 0.357 e. The first-order valence-electron chi connectivity index (χ1n) is 10.6. The van der Waals surface area contributed by atoms with Crippen LogP contribution < -0.4 is 10.6 Å². The van der Waals surface area contributed by atoms with E-state index in [1.807, 2.05) is 0 Å². The average molecular weight is 482 g/mol. The van der Waals surface area contributed by atoms with Crippen LogP contribution in [0.1, 0.15) is 65.2 Å². The lowest BCUT2D eigenvalue weighted by Crippen LogP contribution is -2.48. The van der Waals surface area contributed by atoms with Gasteiger partial charge in [-0.25, -0.2) is 0 Å². The van der Waals surface area contributed by atoms with Crippen molar-refractivity contribution in [2.24, 2.45) is 4.99 Å². The molecule has 6 heteroatoms. The van der Waals surface area contributed by atoms with E-state index in [2.05, 4.69) is 48.4 Å². The van der Waals surface area contributed by atoms with Crippen LogP contribution in [-0.4, -0.2) is 75.2 Å². The van der Waals surface area contributed by atoms with Crippen LogP contribution in [0.15, 0.2) is 4.99 Å². The molecule has 1 saturated heterocycles. The summed E-state index contributed by atoms with van der Waals surface area (Å²) in [5.74, 6) is 1.02. The first-order valence-corrected chi connectivity index (χ1v) is 10.6. The van der Waals surface area contributed by atoms with Gasteiger partial charge in [-0.3, -0.25) is 4.99 Å². The first-order chi connectivity index (χ1) is 12.2. The minimum absolute atomic E-state index is 0. The number of halogens is 1. The number of likely N-dealkylation sites (tertiary alicyclic amines) is 1. The van der Waals surface area contributed by atoms with Crippen LogP contribution in [-0.2, 0) is 0 Å². The van der Waals surface area contributed by atoms with E-state index in [1.54, 1.807) is 0 Å². The highest BCUT2D eigenvalue weighted by molar-refractivity contribution is 14.0. The lowest BCUT2D eigenvalue weighted by atomic mass is 10.1. The van der Waals surface area contributed by atoms with Crippen molar-refractivity contribution in [2.45, 2.75) is 71.3 Å². The molecule has 0 atom stereocenters. The third-order valence-electron chi connectivity index (χ3n) is 4.85. The Labute approximate surface area is 179 Å². The molecule has 0 spiro atoms. The molecule has 0 aromatic carbocycles. The Hall–Kier alpha value is -0.0800. The van der Waals surface area contributed by atoms with E-state index in [-0.39, 0.29) is 24.0 Å². The Morgan fingerprint density at radius 1 is 1.04 bits per heavy atom. The van der Waals surface area contributed by atoms with Crippen LogP contribution in [0.25, 0.3) is 0 Å². The molecule has 156 valence electrons. The molecule has 1 fully saturated rings. The van der Waals surface area contributed by atoms with E-state index in [0.29, 0.717) is 6.04 Å². The maximum Gasteiger partial charge on any atom is 0.191 e. The predicted molar refractivity (Wildman–Crippen MR) is 126 cm³/mol. The molecular weight excluding hydrogens is 437 g/mol. The van der Waals surface area contributed by atoms with Gasteiger partial charge in [0.25, 0.3) is 0 Å². The smallest absolute Gasteiger partial charge is 0.191 e. The van der Waals surface area contributed by atoms with Gasteiger partial charge in [0.05, 0.1) is 0 Å². The molecule has 5 nitrogen and oxygen atoms in total. The van der Waals surface area contributed by atoms with Crippen LogP contribution in [0.3, 0.4) is 0 Å². The molecule has 26 heavy (non-hydrogen) atoms. The zero-order valence-electron chi connectivity index (χ0n) is 17.7. The summed E-state index contributed by atoms with van der Waals surface area (Å²) in [7, 11) is 4.30. The van der Waals surface area contributed by atoms with Crippen LogP contribution in [0.4, 0.5) is 0 Å². The summed E-state index contributed by atoms with van der Waals surface area (Å²) >= 11 is 0. The van der Waals surface area contributed by atoms with E-state index in [9.17, 15) is 0 Å². The Kier molecular flexibility index (Phi) is 17.0. The SMILES string of the molecule is CCCN1CCC(NC(=NCCCCCCCN(C)C)NCC)CC1.I. The molecule has 1 aliphatic rings. The normalized spacial score (nSPS) is 16.6. The van der Waals surface area contributed by atoms with Gasteiger partial charge in [-0.1, -0.05) is 26.2 Å². The minimum Gasteiger partial charge on any atom is -0.357 e. The molecule has 2 N–H and O–H groups in total. The van der Waals surface area contributed by atoms with E-state index in [4.69, 9.17) is 4.99 Å². The summed E-state index contributed by atoms with van der Waals surface area (Å²) in [5.41, 5.74) is 0. The number of nitrogens with one attached hydrogen (secondary N) is 2. The van der Waals surface area contributed by atoms with Gasteiger partial charge in [0.1, 0.15) is 0 Å². The molecule has 0 aromatic rings. The molecule has 0 bridgehead atoms. The quantitative estimate of drug-likeness (QED) is 0.194. The number of piperidine rings is 1. The summed E-state index contributed by atoms with van der Waals surface area (Å²) in [6.45, 7) is 11.2. The van der Waals surface area contributed by atoms with E-state index in [1.165, 1.54) is 77.5 Å². The van der Waals surface area contributed by atoms with Crippen molar-refractivity contribution in [2.75, 3.05) is 53.4 Å². The fourth-order valence-corrected chi connectivity index (χ4v) is 3.39. The monoisotopic (exact) mass is 481 g/mol. The van der Waals surface area contributed by atoms with E-state index < -0.39 is 0 Å². The molecule has 1 rings (SSSR count). The fourth-order valence-electron chi connectivity index (χ4n) is 3.39. The molecule has 1 heterocycles. The summed E-state index contributed by atoms with van der Waals surface area (Å²) in [4.78, 5) is 9.63. The van der Waals surface area contributed by atoms with Gasteiger partial charge in [0, 0.05) is 32.2 Å². The molecule has 0 saturated carbocycles. The molecule has 0 amide bonds. The van der Waals surface area contributed by atoms with Crippen molar-refractivity contribution < 1.29 is 0 Å². The summed E-state index contributed by atoms with van der Waals surface area (Å²) in [5, 5.41) is 7.06. The Balaban J connectivity index is 0.00000625. The number of guanidine groups is 1. The maximum atomic E-state index is 4.78. The zero-order valence-corrected chi connectivity index (χ0v) is 20.1. The van der Waals surface area contributed by atoms with Crippen molar-refractivity contribution in [3.63, 3.8) is 0 Å². The number of rotatable bonds is 12. The van der Waals surface area contributed by atoms with E-state index in [0.717, 1.165) is 19.0 Å². The lowest BCUT2D eigenvalue weighted by Gasteiger charge is -2.32. The second-order valence-electron chi connectivity index (χ2n) is 7.59. The molecule has 0 unspecified atom stereocenters. The van der Waals surface area contributed by atoms with Gasteiger partial charge in [0.15, 0.2) is 5.96 Å². The maximum absolute atomic E-state index is 4.78. The second-order valence-corrected chi connectivity index (χ2v) is 7.59. The lowest BCUT2D eigenvalue weighted by molar-refractivity contribution is 0.206. The summed E-state index contributed by atoms with van der Waals surface area (Å²) in [6.07, 6.45) is 10.2. The number of aliphatic imine (C=N–C) groups is 1. The number of hydrogen-bond donors (Lipinski definition) is 2.